The van der Waals surface area contributed by atoms with Crippen LogP contribution in [0.1, 0.15) is 34.6 Å². The molecule has 178 valence electrons. The molecule has 7 nitrogen and oxygen atoms in total. The molecule has 0 atom stereocenters. The molecule has 3 N–H and O–H groups in total. The van der Waals surface area contributed by atoms with Gasteiger partial charge in [0.05, 0.1) is 30.2 Å². The van der Waals surface area contributed by atoms with Gasteiger partial charge >= 0.3 is 0 Å². The van der Waals surface area contributed by atoms with Crippen molar-refractivity contribution in [1.29, 1.82) is 0 Å². The SMILES string of the molecule is CCOc1ccccc1NC(=O)c1ccc2cc(O)c(C(=O)Nc3ccccc3OCC)cc2c1. The van der Waals surface area contributed by atoms with E-state index in [2.05, 4.69) is 10.6 Å². The average molecular weight is 471 g/mol. The van der Waals surface area contributed by atoms with Crippen molar-refractivity contribution < 1.29 is 24.2 Å². The Morgan fingerprint density at radius 1 is 0.714 bits per heavy atom. The van der Waals surface area contributed by atoms with E-state index >= 15 is 0 Å². The second kappa shape index (κ2) is 10.6. The van der Waals surface area contributed by atoms with Crippen LogP contribution in [0.15, 0.2) is 78.9 Å². The van der Waals surface area contributed by atoms with Crippen molar-refractivity contribution in [2.45, 2.75) is 13.8 Å². The zero-order valence-electron chi connectivity index (χ0n) is 19.5. The first-order valence-corrected chi connectivity index (χ1v) is 11.3. The van der Waals surface area contributed by atoms with E-state index in [4.69, 9.17) is 9.47 Å². The van der Waals surface area contributed by atoms with Crippen LogP contribution in [0.3, 0.4) is 0 Å². The molecular weight excluding hydrogens is 444 g/mol. The lowest BCUT2D eigenvalue weighted by atomic mass is 10.0. The van der Waals surface area contributed by atoms with E-state index in [0.29, 0.717) is 52.4 Å². The van der Waals surface area contributed by atoms with Gasteiger partial charge in [-0.15, -0.1) is 0 Å². The Hall–Kier alpha value is -4.52. The molecule has 0 heterocycles. The van der Waals surface area contributed by atoms with Crippen LogP contribution in [0.4, 0.5) is 11.4 Å². The summed E-state index contributed by atoms with van der Waals surface area (Å²) in [6, 6.07) is 22.4. The Morgan fingerprint density at radius 2 is 1.29 bits per heavy atom. The summed E-state index contributed by atoms with van der Waals surface area (Å²) in [5.74, 6) is 0.155. The Morgan fingerprint density at radius 3 is 1.89 bits per heavy atom. The molecule has 0 aromatic heterocycles. The molecule has 0 unspecified atom stereocenters. The normalized spacial score (nSPS) is 10.6. The summed E-state index contributed by atoms with van der Waals surface area (Å²) in [6.45, 7) is 4.66. The molecule has 4 aromatic carbocycles. The van der Waals surface area contributed by atoms with Gasteiger partial charge in [0.25, 0.3) is 11.8 Å². The van der Waals surface area contributed by atoms with Gasteiger partial charge in [-0.3, -0.25) is 9.59 Å². The lowest BCUT2D eigenvalue weighted by molar-refractivity contribution is 0.101. The highest BCUT2D eigenvalue weighted by Crippen LogP contribution is 2.30. The number of hydrogen-bond donors (Lipinski definition) is 3. The lowest BCUT2D eigenvalue weighted by Crippen LogP contribution is -2.14. The van der Waals surface area contributed by atoms with Crippen LogP contribution in [0.25, 0.3) is 10.8 Å². The largest absolute Gasteiger partial charge is 0.507 e. The van der Waals surface area contributed by atoms with E-state index in [-0.39, 0.29) is 17.2 Å². The molecule has 0 aliphatic carbocycles. The lowest BCUT2D eigenvalue weighted by Gasteiger charge is -2.13. The number of benzene rings is 4. The zero-order chi connectivity index (χ0) is 24.8. The third-order valence-electron chi connectivity index (χ3n) is 5.33. The minimum atomic E-state index is -0.489. The van der Waals surface area contributed by atoms with Crippen molar-refractivity contribution in [3.8, 4) is 17.2 Å². The summed E-state index contributed by atoms with van der Waals surface area (Å²) in [5, 5.41) is 17.5. The maximum Gasteiger partial charge on any atom is 0.259 e. The molecule has 0 radical (unpaired) electrons. The van der Waals surface area contributed by atoms with Gasteiger partial charge in [-0.05, 0) is 73.2 Å². The zero-order valence-corrected chi connectivity index (χ0v) is 19.5. The quantitative estimate of drug-likeness (QED) is 0.300. The summed E-state index contributed by atoms with van der Waals surface area (Å²) in [4.78, 5) is 25.9. The minimum Gasteiger partial charge on any atom is -0.507 e. The van der Waals surface area contributed by atoms with Crippen molar-refractivity contribution in [3.63, 3.8) is 0 Å². The fourth-order valence-corrected chi connectivity index (χ4v) is 3.70. The number of aromatic hydroxyl groups is 1. The van der Waals surface area contributed by atoms with Gasteiger partial charge in [-0.2, -0.15) is 0 Å². The van der Waals surface area contributed by atoms with E-state index in [0.717, 1.165) is 0 Å². The molecule has 0 bridgehead atoms. The first-order valence-electron chi connectivity index (χ1n) is 11.3. The number of fused-ring (bicyclic) bond motifs is 1. The molecule has 35 heavy (non-hydrogen) atoms. The maximum atomic E-state index is 13.0. The highest BCUT2D eigenvalue weighted by molar-refractivity contribution is 6.11. The fourth-order valence-electron chi connectivity index (χ4n) is 3.70. The number of ether oxygens (including phenoxy) is 2. The molecule has 0 fully saturated rings. The first kappa shape index (κ1) is 23.6. The number of anilines is 2. The number of phenols is 1. The van der Waals surface area contributed by atoms with Crippen LogP contribution < -0.4 is 20.1 Å². The standard InChI is InChI=1S/C28H26N2O5/c1-3-34-25-11-7-5-9-22(25)29-27(32)19-14-13-18-17-24(31)21(16-20(18)15-19)28(33)30-23-10-6-8-12-26(23)35-4-2/h5-17,31H,3-4H2,1-2H3,(H,29,32)(H,30,33). The second-order valence-electron chi connectivity index (χ2n) is 7.70. The first-order chi connectivity index (χ1) is 17.0. The van der Waals surface area contributed by atoms with Crippen molar-refractivity contribution >= 4 is 34.0 Å². The number of rotatable bonds is 8. The molecule has 4 rings (SSSR count). The molecule has 0 aliphatic heterocycles. The molecular formula is C28H26N2O5. The van der Waals surface area contributed by atoms with Crippen LogP contribution in [0.2, 0.25) is 0 Å². The average Bonchev–Trinajstić information content (AvgIpc) is 2.86. The van der Waals surface area contributed by atoms with E-state index in [1.807, 2.05) is 32.0 Å². The highest BCUT2D eigenvalue weighted by atomic mass is 16.5. The monoisotopic (exact) mass is 470 g/mol. The molecule has 2 amide bonds. The van der Waals surface area contributed by atoms with E-state index in [1.54, 1.807) is 54.6 Å². The maximum absolute atomic E-state index is 13.0. The van der Waals surface area contributed by atoms with Crippen molar-refractivity contribution in [2.75, 3.05) is 23.8 Å². The minimum absolute atomic E-state index is 0.0862. The van der Waals surface area contributed by atoms with Gasteiger partial charge in [0.1, 0.15) is 17.2 Å². The highest BCUT2D eigenvalue weighted by Gasteiger charge is 2.16. The molecule has 0 aliphatic rings. The Balaban J connectivity index is 1.61. The van der Waals surface area contributed by atoms with E-state index in [1.165, 1.54) is 6.07 Å². The predicted molar refractivity (Wildman–Crippen MR) is 137 cm³/mol. The smallest absolute Gasteiger partial charge is 0.259 e. The van der Waals surface area contributed by atoms with Gasteiger partial charge in [-0.25, -0.2) is 0 Å². The van der Waals surface area contributed by atoms with E-state index in [9.17, 15) is 14.7 Å². The van der Waals surface area contributed by atoms with Gasteiger partial charge in [0.15, 0.2) is 0 Å². The Bertz CT molecular complexity index is 1380. The fraction of sp³-hybridized carbons (Fsp3) is 0.143. The van der Waals surface area contributed by atoms with Gasteiger partial charge in [0, 0.05) is 5.56 Å². The van der Waals surface area contributed by atoms with Gasteiger partial charge in [0.2, 0.25) is 0 Å². The van der Waals surface area contributed by atoms with Crippen LogP contribution in [-0.2, 0) is 0 Å². The number of phenolic OH excluding ortho intramolecular Hbond substituents is 1. The van der Waals surface area contributed by atoms with Crippen LogP contribution in [0, 0.1) is 0 Å². The van der Waals surface area contributed by atoms with Gasteiger partial charge in [-0.1, -0.05) is 30.3 Å². The second-order valence-corrected chi connectivity index (χ2v) is 7.70. The van der Waals surface area contributed by atoms with Crippen molar-refractivity contribution in [2.24, 2.45) is 0 Å². The van der Waals surface area contributed by atoms with Gasteiger partial charge < -0.3 is 25.2 Å². The summed E-state index contributed by atoms with van der Waals surface area (Å²) in [7, 11) is 0. The summed E-state index contributed by atoms with van der Waals surface area (Å²) < 4.78 is 11.1. The Kier molecular flexibility index (Phi) is 7.16. The number of hydrogen-bond acceptors (Lipinski definition) is 5. The predicted octanol–water partition coefficient (Wildman–Crippen LogP) is 5.85. The number of amides is 2. The Labute approximate surface area is 203 Å². The van der Waals surface area contributed by atoms with Crippen LogP contribution in [-0.4, -0.2) is 30.1 Å². The third-order valence-corrected chi connectivity index (χ3v) is 5.33. The number of nitrogens with one attached hydrogen (secondary N) is 2. The summed E-state index contributed by atoms with van der Waals surface area (Å²) in [5.41, 5.74) is 1.56. The third kappa shape index (κ3) is 5.35. The topological polar surface area (TPSA) is 96.9 Å². The molecule has 0 spiro atoms. The number of carbonyl (C=O) groups excluding carboxylic acids is 2. The van der Waals surface area contributed by atoms with Crippen molar-refractivity contribution in [1.82, 2.24) is 0 Å². The van der Waals surface area contributed by atoms with Crippen LogP contribution in [0.5, 0.6) is 17.2 Å². The molecule has 7 heteroatoms. The molecule has 0 saturated heterocycles. The molecule has 4 aromatic rings. The molecule has 0 saturated carbocycles. The number of carbonyl (C=O) groups is 2. The van der Waals surface area contributed by atoms with Crippen LogP contribution >= 0.6 is 0 Å². The van der Waals surface area contributed by atoms with Crippen molar-refractivity contribution in [3.05, 3.63) is 90.0 Å². The number of para-hydroxylation sites is 4. The van der Waals surface area contributed by atoms with E-state index < -0.39 is 5.91 Å². The summed E-state index contributed by atoms with van der Waals surface area (Å²) >= 11 is 0. The summed E-state index contributed by atoms with van der Waals surface area (Å²) in [6.07, 6.45) is 0.